The summed E-state index contributed by atoms with van der Waals surface area (Å²) in [6, 6.07) is 31.2. The smallest absolute Gasteiger partial charge is 0.370 e. The molecular formula is C27H20N5O4. The summed E-state index contributed by atoms with van der Waals surface area (Å²) in [7, 11) is 0. The number of amidine groups is 1. The summed E-state index contributed by atoms with van der Waals surface area (Å²) < 4.78 is 5.85. The normalized spacial score (nSPS) is 13.1. The van der Waals surface area contributed by atoms with E-state index in [0.717, 1.165) is 5.56 Å². The summed E-state index contributed by atoms with van der Waals surface area (Å²) in [4.78, 5) is 24.0. The van der Waals surface area contributed by atoms with Crippen molar-refractivity contribution in [3.05, 3.63) is 130 Å². The molecule has 5 rings (SSSR count). The highest BCUT2D eigenvalue weighted by Crippen LogP contribution is 2.27. The summed E-state index contributed by atoms with van der Waals surface area (Å²) in [6.07, 6.45) is 0. The number of benzene rings is 4. The average Bonchev–Trinajstić information content (AvgIpc) is 2.93. The Bertz CT molecular complexity index is 1390. The minimum absolute atomic E-state index is 0.0805. The predicted molar refractivity (Wildman–Crippen MR) is 136 cm³/mol. The molecule has 9 nitrogen and oxygen atoms in total. The van der Waals surface area contributed by atoms with Gasteiger partial charge in [-0.3, -0.25) is 10.1 Å². The highest BCUT2D eigenvalue weighted by molar-refractivity contribution is 6.12. The number of nitrogens with zero attached hydrogens (tertiary/aromatic N) is 5. The van der Waals surface area contributed by atoms with Crippen LogP contribution in [-0.2, 0) is 6.61 Å². The molecule has 2 amide bonds. The lowest BCUT2D eigenvalue weighted by atomic mass is 10.2. The highest BCUT2D eigenvalue weighted by atomic mass is 16.6. The Morgan fingerprint density at radius 2 is 1.33 bits per heavy atom. The molecule has 0 saturated heterocycles. The molecular weight excluding hydrogens is 458 g/mol. The zero-order chi connectivity index (χ0) is 24.9. The second kappa shape index (κ2) is 9.98. The molecule has 0 aromatic heterocycles. The van der Waals surface area contributed by atoms with Crippen molar-refractivity contribution >= 4 is 28.9 Å². The van der Waals surface area contributed by atoms with Crippen molar-refractivity contribution in [2.24, 2.45) is 5.10 Å². The second-order valence-electron chi connectivity index (χ2n) is 7.84. The van der Waals surface area contributed by atoms with E-state index in [-0.39, 0.29) is 5.69 Å². The van der Waals surface area contributed by atoms with E-state index in [1.54, 1.807) is 24.3 Å². The number of urea groups is 1. The van der Waals surface area contributed by atoms with Crippen LogP contribution in [0.4, 0.5) is 21.9 Å². The maximum atomic E-state index is 13.4. The Kier molecular flexibility index (Phi) is 6.27. The van der Waals surface area contributed by atoms with Gasteiger partial charge >= 0.3 is 6.03 Å². The van der Waals surface area contributed by atoms with E-state index >= 15 is 0 Å². The van der Waals surface area contributed by atoms with E-state index in [2.05, 4.69) is 10.5 Å². The van der Waals surface area contributed by atoms with Crippen LogP contribution in [0, 0.1) is 10.1 Å². The fourth-order valence-corrected chi connectivity index (χ4v) is 3.56. The summed E-state index contributed by atoms with van der Waals surface area (Å²) in [5.74, 6) is 0.967. The molecule has 9 heteroatoms. The Balaban J connectivity index is 1.42. The van der Waals surface area contributed by atoms with Crippen LogP contribution in [0.15, 0.2) is 114 Å². The first-order valence-electron chi connectivity index (χ1n) is 11.1. The number of nitro benzene ring substituents is 1. The number of rotatable bonds is 7. The van der Waals surface area contributed by atoms with E-state index in [1.165, 1.54) is 34.3 Å². The van der Waals surface area contributed by atoms with E-state index in [1.807, 2.05) is 60.7 Å². The maximum absolute atomic E-state index is 13.4. The third-order valence-corrected chi connectivity index (χ3v) is 5.42. The number of nitro groups is 1. The molecule has 4 aromatic carbocycles. The van der Waals surface area contributed by atoms with E-state index < -0.39 is 11.0 Å². The zero-order valence-electron chi connectivity index (χ0n) is 19.0. The molecule has 0 bridgehead atoms. The highest BCUT2D eigenvalue weighted by Gasteiger charge is 2.32. The van der Waals surface area contributed by atoms with Crippen LogP contribution < -0.4 is 20.2 Å². The lowest BCUT2D eigenvalue weighted by Crippen LogP contribution is -2.52. The van der Waals surface area contributed by atoms with E-state index in [0.29, 0.717) is 35.1 Å². The van der Waals surface area contributed by atoms with Gasteiger partial charge in [0.05, 0.1) is 16.3 Å². The molecule has 1 heterocycles. The van der Waals surface area contributed by atoms with Crippen molar-refractivity contribution in [1.29, 1.82) is 0 Å². The predicted octanol–water partition coefficient (Wildman–Crippen LogP) is 5.50. The van der Waals surface area contributed by atoms with Gasteiger partial charge in [-0.05, 0) is 42.0 Å². The molecule has 0 aliphatic carbocycles. The van der Waals surface area contributed by atoms with Gasteiger partial charge in [0.2, 0.25) is 0 Å². The number of anilines is 2. The molecule has 0 unspecified atom stereocenters. The molecule has 0 fully saturated rings. The fraction of sp³-hybridized carbons (Fsp3) is 0.0370. The van der Waals surface area contributed by atoms with E-state index in [9.17, 15) is 14.9 Å². The number of carbonyl (C=O) groups is 1. The fourth-order valence-electron chi connectivity index (χ4n) is 3.56. The van der Waals surface area contributed by atoms with Gasteiger partial charge in [-0.2, -0.15) is 10.0 Å². The summed E-state index contributed by atoms with van der Waals surface area (Å²) >= 11 is 0. The molecule has 1 aliphatic rings. The van der Waals surface area contributed by atoms with Crippen molar-refractivity contribution in [3.63, 3.8) is 0 Å². The maximum Gasteiger partial charge on any atom is 0.370 e. The lowest BCUT2D eigenvalue weighted by Gasteiger charge is -2.31. The SMILES string of the molecule is O=C1N(c2ccc(OCc3ccccc3)cc2)[N]C(c2ccccc2)=NN1c1ccc([N+](=O)[O-])cc1. The minimum Gasteiger partial charge on any atom is -0.489 e. The molecule has 4 aromatic rings. The Labute approximate surface area is 207 Å². The van der Waals surface area contributed by atoms with Gasteiger partial charge in [0.1, 0.15) is 12.4 Å². The van der Waals surface area contributed by atoms with Crippen molar-refractivity contribution < 1.29 is 14.5 Å². The minimum atomic E-state index is -0.526. The Morgan fingerprint density at radius 1 is 0.750 bits per heavy atom. The third-order valence-electron chi connectivity index (χ3n) is 5.42. The quantitative estimate of drug-likeness (QED) is 0.258. The van der Waals surface area contributed by atoms with Crippen molar-refractivity contribution in [1.82, 2.24) is 5.43 Å². The van der Waals surface area contributed by atoms with Crippen molar-refractivity contribution in [3.8, 4) is 5.75 Å². The number of hydrogen-bond acceptors (Lipinski definition) is 5. The van der Waals surface area contributed by atoms with Gasteiger partial charge in [0.15, 0.2) is 5.84 Å². The number of non-ortho nitro benzene ring substituents is 1. The number of carbonyl (C=O) groups excluding carboxylic acids is 1. The Morgan fingerprint density at radius 3 is 1.97 bits per heavy atom. The van der Waals surface area contributed by atoms with Crippen LogP contribution in [0.5, 0.6) is 5.75 Å². The molecule has 1 radical (unpaired) electrons. The van der Waals surface area contributed by atoms with Crippen molar-refractivity contribution in [2.45, 2.75) is 6.61 Å². The van der Waals surface area contributed by atoms with Crippen LogP contribution in [0.3, 0.4) is 0 Å². The van der Waals surface area contributed by atoms with Gasteiger partial charge in [0.25, 0.3) is 5.69 Å². The summed E-state index contributed by atoms with van der Waals surface area (Å²) in [6.45, 7) is 0.423. The molecule has 0 saturated carbocycles. The van der Waals surface area contributed by atoms with Gasteiger partial charge in [-0.1, -0.05) is 60.7 Å². The van der Waals surface area contributed by atoms with Crippen LogP contribution >= 0.6 is 0 Å². The summed E-state index contributed by atoms with van der Waals surface area (Å²) in [5, 5.41) is 17.9. The van der Waals surface area contributed by atoms with Crippen LogP contribution in [0.2, 0.25) is 0 Å². The molecule has 0 spiro atoms. The molecule has 0 atom stereocenters. The van der Waals surface area contributed by atoms with Gasteiger partial charge < -0.3 is 4.74 Å². The number of ether oxygens (including phenoxy) is 1. The topological polar surface area (TPSA) is 102 Å². The van der Waals surface area contributed by atoms with Gasteiger partial charge in [0, 0.05) is 17.7 Å². The van der Waals surface area contributed by atoms with Crippen molar-refractivity contribution in [2.75, 3.05) is 10.0 Å². The van der Waals surface area contributed by atoms with Crippen LogP contribution in [-0.4, -0.2) is 16.8 Å². The standard InChI is InChI=1S/C27H20N5O4/c33-27-30(22-11-13-24(14-12-22)32(34)35)28-26(21-9-5-2-6-10-21)29-31(27)23-15-17-25(18-16-23)36-19-20-7-3-1-4-8-20/h1-18H,19H2. The second-order valence-corrected chi connectivity index (χ2v) is 7.84. The third kappa shape index (κ3) is 4.85. The summed E-state index contributed by atoms with van der Waals surface area (Å²) in [5.41, 5.74) is 7.06. The first kappa shape index (κ1) is 22.6. The first-order valence-corrected chi connectivity index (χ1v) is 11.1. The Hall–Kier alpha value is -5.18. The largest absolute Gasteiger partial charge is 0.489 e. The van der Waals surface area contributed by atoms with E-state index in [4.69, 9.17) is 4.74 Å². The van der Waals surface area contributed by atoms with Gasteiger partial charge in [-0.25, -0.2) is 4.79 Å². The number of hydrogen-bond donors (Lipinski definition) is 0. The molecule has 0 N–H and O–H groups in total. The molecule has 36 heavy (non-hydrogen) atoms. The average molecular weight is 478 g/mol. The lowest BCUT2D eigenvalue weighted by molar-refractivity contribution is -0.384. The number of hydrazone groups is 1. The van der Waals surface area contributed by atoms with Crippen LogP contribution in [0.1, 0.15) is 11.1 Å². The first-order chi connectivity index (χ1) is 17.6. The molecule has 177 valence electrons. The molecule has 1 aliphatic heterocycles. The van der Waals surface area contributed by atoms with Gasteiger partial charge in [-0.15, -0.1) is 10.5 Å². The zero-order valence-corrected chi connectivity index (χ0v) is 19.0. The van der Waals surface area contributed by atoms with Crippen LogP contribution in [0.25, 0.3) is 0 Å². The monoisotopic (exact) mass is 478 g/mol. The number of amides is 2.